The van der Waals surface area contributed by atoms with Crippen molar-refractivity contribution in [1.82, 2.24) is 4.98 Å². The van der Waals surface area contributed by atoms with Gasteiger partial charge in [0.2, 0.25) is 0 Å². The molecule has 0 aliphatic carbocycles. The minimum absolute atomic E-state index is 0.0584. The lowest BCUT2D eigenvalue weighted by Gasteiger charge is -2.12. The zero-order chi connectivity index (χ0) is 17.5. The van der Waals surface area contributed by atoms with Crippen LogP contribution in [0.5, 0.6) is 0 Å². The van der Waals surface area contributed by atoms with Crippen molar-refractivity contribution in [3.05, 3.63) is 47.7 Å². The first kappa shape index (κ1) is 18.1. The van der Waals surface area contributed by atoms with Crippen molar-refractivity contribution in [3.63, 3.8) is 0 Å². The average Bonchev–Trinajstić information content (AvgIpc) is 2.61. The van der Waals surface area contributed by atoms with Crippen LogP contribution in [0.2, 0.25) is 0 Å². The Bertz CT molecular complexity index is 681. The highest BCUT2D eigenvalue weighted by Crippen LogP contribution is 2.24. The van der Waals surface area contributed by atoms with E-state index in [4.69, 9.17) is 0 Å². The van der Waals surface area contributed by atoms with Gasteiger partial charge in [0.15, 0.2) is 5.78 Å². The largest absolute Gasteiger partial charge is 0.396 e. The molecule has 1 atom stereocenters. The maximum atomic E-state index is 12.3. The number of anilines is 1. The molecule has 0 bridgehead atoms. The highest BCUT2D eigenvalue weighted by atomic mass is 16.3. The summed E-state index contributed by atoms with van der Waals surface area (Å²) in [6, 6.07) is 9.71. The quantitative estimate of drug-likeness (QED) is 0.718. The molecule has 2 rings (SSSR count). The van der Waals surface area contributed by atoms with Gasteiger partial charge >= 0.3 is 0 Å². The minimum atomic E-state index is 0.0584. The summed E-state index contributed by atoms with van der Waals surface area (Å²) in [5.74, 6) is 1.02. The van der Waals surface area contributed by atoms with Gasteiger partial charge in [0, 0.05) is 37.4 Å². The number of ketones is 1. The van der Waals surface area contributed by atoms with Crippen LogP contribution in [-0.2, 0) is 0 Å². The summed E-state index contributed by atoms with van der Waals surface area (Å²) >= 11 is 0. The Morgan fingerprint density at radius 2 is 1.96 bits per heavy atom. The number of benzene rings is 1. The van der Waals surface area contributed by atoms with E-state index < -0.39 is 0 Å². The number of nitrogens with zero attached hydrogens (tertiary/aromatic N) is 1. The van der Waals surface area contributed by atoms with Crippen LogP contribution in [0.15, 0.2) is 36.5 Å². The fraction of sp³-hybridized carbons (Fsp3) is 0.400. The summed E-state index contributed by atoms with van der Waals surface area (Å²) in [5.41, 5.74) is 3.85. The molecule has 2 N–H and O–H groups in total. The van der Waals surface area contributed by atoms with Crippen molar-refractivity contribution in [2.75, 3.05) is 19.0 Å². The van der Waals surface area contributed by atoms with E-state index in [0.717, 1.165) is 35.3 Å². The molecule has 24 heavy (non-hydrogen) atoms. The van der Waals surface area contributed by atoms with Crippen molar-refractivity contribution < 1.29 is 9.90 Å². The van der Waals surface area contributed by atoms with Crippen molar-refractivity contribution in [1.29, 1.82) is 0 Å². The van der Waals surface area contributed by atoms with E-state index in [0.29, 0.717) is 12.0 Å². The van der Waals surface area contributed by atoms with Crippen LogP contribution >= 0.6 is 0 Å². The Labute approximate surface area is 143 Å². The van der Waals surface area contributed by atoms with Crippen LogP contribution in [0.25, 0.3) is 11.1 Å². The summed E-state index contributed by atoms with van der Waals surface area (Å²) < 4.78 is 0. The van der Waals surface area contributed by atoms with E-state index in [-0.39, 0.29) is 18.3 Å². The molecule has 0 fully saturated rings. The number of Topliss-reactive ketones (excluding diaryl/α,β-unsaturated/α-hetero) is 1. The Balaban J connectivity index is 2.12. The Hall–Kier alpha value is -2.20. The van der Waals surface area contributed by atoms with E-state index in [1.807, 2.05) is 44.4 Å². The van der Waals surface area contributed by atoms with Gasteiger partial charge in [0.05, 0.1) is 0 Å². The second-order valence-corrected chi connectivity index (χ2v) is 6.18. The van der Waals surface area contributed by atoms with E-state index >= 15 is 0 Å². The van der Waals surface area contributed by atoms with Gasteiger partial charge in [-0.05, 0) is 36.5 Å². The Morgan fingerprint density at radius 3 is 2.50 bits per heavy atom. The molecule has 128 valence electrons. The first-order valence-corrected chi connectivity index (χ1v) is 8.47. The molecule has 4 heteroatoms. The number of nitrogens with one attached hydrogen (secondary N) is 1. The number of hydrogen-bond donors (Lipinski definition) is 2. The Morgan fingerprint density at radius 1 is 1.25 bits per heavy atom. The molecule has 0 saturated carbocycles. The van der Waals surface area contributed by atoms with E-state index in [1.165, 1.54) is 0 Å². The second-order valence-electron chi connectivity index (χ2n) is 6.18. The predicted molar refractivity (Wildman–Crippen MR) is 98.4 cm³/mol. The fourth-order valence-electron chi connectivity index (χ4n) is 2.89. The molecule has 1 aromatic heterocycles. The standard InChI is InChI=1S/C20H26N2O2/c1-4-5-15(13-23)11-19(24)17-8-6-16(7-9-17)18-10-14(2)20(21-3)22-12-18/h6-10,12,15,23H,4-5,11,13H2,1-3H3,(H,21,22). The highest BCUT2D eigenvalue weighted by molar-refractivity contribution is 5.96. The third kappa shape index (κ3) is 4.42. The van der Waals surface area contributed by atoms with Gasteiger partial charge in [0.25, 0.3) is 0 Å². The highest BCUT2D eigenvalue weighted by Gasteiger charge is 2.14. The van der Waals surface area contributed by atoms with Gasteiger partial charge < -0.3 is 10.4 Å². The predicted octanol–water partition coefficient (Wildman–Crippen LogP) is 4.08. The molecule has 4 nitrogen and oxygen atoms in total. The molecule has 0 aliphatic heterocycles. The molecule has 2 aromatic rings. The van der Waals surface area contributed by atoms with Crippen molar-refractivity contribution in [2.45, 2.75) is 33.1 Å². The topological polar surface area (TPSA) is 62.2 Å². The number of aliphatic hydroxyl groups is 1. The van der Waals surface area contributed by atoms with Crippen molar-refractivity contribution >= 4 is 11.6 Å². The molecule has 1 unspecified atom stereocenters. The van der Waals surface area contributed by atoms with Crippen LogP contribution in [0.3, 0.4) is 0 Å². The summed E-state index contributed by atoms with van der Waals surface area (Å²) in [4.78, 5) is 16.7. The van der Waals surface area contributed by atoms with Crippen LogP contribution < -0.4 is 5.32 Å². The maximum Gasteiger partial charge on any atom is 0.163 e. The number of pyridine rings is 1. The number of carbonyl (C=O) groups excluding carboxylic acids is 1. The SMILES string of the molecule is CCCC(CO)CC(=O)c1ccc(-c2cnc(NC)c(C)c2)cc1. The number of aromatic nitrogens is 1. The zero-order valence-corrected chi connectivity index (χ0v) is 14.7. The molecule has 0 spiro atoms. The summed E-state index contributed by atoms with van der Waals surface area (Å²) in [6.07, 6.45) is 4.09. The number of carbonyl (C=O) groups is 1. The summed E-state index contributed by atoms with van der Waals surface area (Å²) in [7, 11) is 1.85. The van der Waals surface area contributed by atoms with Gasteiger partial charge in [-0.25, -0.2) is 4.98 Å². The van der Waals surface area contributed by atoms with Crippen LogP contribution in [0, 0.1) is 12.8 Å². The van der Waals surface area contributed by atoms with Crippen LogP contribution in [0.4, 0.5) is 5.82 Å². The zero-order valence-electron chi connectivity index (χ0n) is 14.7. The molecule has 0 saturated heterocycles. The van der Waals surface area contributed by atoms with Gasteiger partial charge in [-0.15, -0.1) is 0 Å². The van der Waals surface area contributed by atoms with Crippen LogP contribution in [-0.4, -0.2) is 29.5 Å². The van der Waals surface area contributed by atoms with E-state index in [2.05, 4.69) is 23.3 Å². The van der Waals surface area contributed by atoms with Crippen molar-refractivity contribution in [3.8, 4) is 11.1 Å². The third-order valence-corrected chi connectivity index (χ3v) is 4.28. The van der Waals surface area contributed by atoms with Gasteiger partial charge in [-0.3, -0.25) is 4.79 Å². The third-order valence-electron chi connectivity index (χ3n) is 4.28. The van der Waals surface area contributed by atoms with Gasteiger partial charge in [0.1, 0.15) is 5.82 Å². The monoisotopic (exact) mass is 326 g/mol. The average molecular weight is 326 g/mol. The minimum Gasteiger partial charge on any atom is -0.396 e. The molecule has 0 amide bonds. The van der Waals surface area contributed by atoms with E-state index in [1.54, 1.807) is 0 Å². The van der Waals surface area contributed by atoms with Crippen molar-refractivity contribution in [2.24, 2.45) is 5.92 Å². The molecular formula is C20H26N2O2. The first-order valence-electron chi connectivity index (χ1n) is 8.47. The van der Waals surface area contributed by atoms with Gasteiger partial charge in [-0.2, -0.15) is 0 Å². The molecule has 0 radical (unpaired) electrons. The number of aliphatic hydroxyl groups excluding tert-OH is 1. The Kier molecular flexibility index (Phi) is 6.50. The lowest BCUT2D eigenvalue weighted by Crippen LogP contribution is -2.12. The number of aryl methyl sites for hydroxylation is 1. The second kappa shape index (κ2) is 8.60. The maximum absolute atomic E-state index is 12.3. The number of hydrogen-bond acceptors (Lipinski definition) is 4. The lowest BCUT2D eigenvalue weighted by atomic mass is 9.94. The fourth-order valence-corrected chi connectivity index (χ4v) is 2.89. The lowest BCUT2D eigenvalue weighted by molar-refractivity contribution is 0.0931. The molecular weight excluding hydrogens is 300 g/mol. The van der Waals surface area contributed by atoms with Crippen LogP contribution in [0.1, 0.15) is 42.1 Å². The van der Waals surface area contributed by atoms with E-state index in [9.17, 15) is 9.90 Å². The normalized spacial score (nSPS) is 12.0. The molecule has 1 aromatic carbocycles. The smallest absolute Gasteiger partial charge is 0.163 e. The molecule has 0 aliphatic rings. The summed E-state index contributed by atoms with van der Waals surface area (Å²) in [6.45, 7) is 4.15. The number of rotatable bonds is 8. The van der Waals surface area contributed by atoms with Gasteiger partial charge in [-0.1, -0.05) is 37.6 Å². The summed E-state index contributed by atoms with van der Waals surface area (Å²) in [5, 5.41) is 12.4. The first-order chi connectivity index (χ1) is 11.6. The molecule has 1 heterocycles.